The normalized spacial score (nSPS) is 11.7. The number of hydrogen-bond acceptors (Lipinski definition) is 6. The zero-order valence-corrected chi connectivity index (χ0v) is 16.8. The van der Waals surface area contributed by atoms with Crippen LogP contribution in [0, 0.1) is 5.82 Å². The highest BCUT2D eigenvalue weighted by molar-refractivity contribution is 7.17. The first-order valence-corrected chi connectivity index (χ1v) is 9.74. The number of thiazole rings is 1. The first kappa shape index (κ1) is 21.7. The van der Waals surface area contributed by atoms with Crippen molar-refractivity contribution in [2.75, 3.05) is 18.0 Å². The third kappa shape index (κ3) is 4.27. The Bertz CT molecular complexity index is 1120. The van der Waals surface area contributed by atoms with Gasteiger partial charge in [-0.25, -0.2) is 18.8 Å². The summed E-state index contributed by atoms with van der Waals surface area (Å²) in [7, 11) is 0. The van der Waals surface area contributed by atoms with Crippen molar-refractivity contribution in [1.82, 2.24) is 19.7 Å². The Morgan fingerprint density at radius 1 is 1.30 bits per heavy atom. The van der Waals surface area contributed by atoms with Crippen LogP contribution in [-0.4, -0.2) is 33.4 Å². The third-order valence-electron chi connectivity index (χ3n) is 4.15. The molecule has 1 amide bonds. The predicted molar refractivity (Wildman–Crippen MR) is 103 cm³/mol. The molecule has 0 atom stereocenters. The van der Waals surface area contributed by atoms with Gasteiger partial charge in [0.2, 0.25) is 0 Å². The predicted octanol–water partition coefficient (Wildman–Crippen LogP) is 3.09. The molecule has 160 valence electrons. The zero-order valence-electron chi connectivity index (χ0n) is 16.0. The van der Waals surface area contributed by atoms with Crippen LogP contribution in [0.1, 0.15) is 34.9 Å². The standard InChI is InChI=1S/C18H17F4N5O2S/c1-3-23-16(29)14-15(18(20,21)22)30-17-25-11(7-13(28)27(14)17)9-26(4-2)12-6-5-10(19)8-24-12/h5-8H,3-4,9H2,1-2H3,(H,23,29). The van der Waals surface area contributed by atoms with Crippen molar-refractivity contribution in [2.24, 2.45) is 0 Å². The first-order valence-electron chi connectivity index (χ1n) is 8.93. The van der Waals surface area contributed by atoms with Crippen LogP contribution in [0.3, 0.4) is 0 Å². The summed E-state index contributed by atoms with van der Waals surface area (Å²) in [5.74, 6) is -1.09. The van der Waals surface area contributed by atoms with E-state index in [-0.39, 0.29) is 35.1 Å². The number of halogens is 4. The van der Waals surface area contributed by atoms with Crippen LogP contribution >= 0.6 is 11.3 Å². The van der Waals surface area contributed by atoms with Gasteiger partial charge in [-0.05, 0) is 26.0 Å². The molecule has 3 aromatic heterocycles. The lowest BCUT2D eigenvalue weighted by Gasteiger charge is -2.21. The lowest BCUT2D eigenvalue weighted by atomic mass is 10.3. The number of alkyl halides is 3. The van der Waals surface area contributed by atoms with Gasteiger partial charge in [0.1, 0.15) is 22.2 Å². The van der Waals surface area contributed by atoms with E-state index in [1.807, 2.05) is 0 Å². The number of anilines is 1. The minimum atomic E-state index is -4.82. The van der Waals surface area contributed by atoms with E-state index in [9.17, 15) is 27.2 Å². The summed E-state index contributed by atoms with van der Waals surface area (Å²) >= 11 is 0.228. The lowest BCUT2D eigenvalue weighted by Crippen LogP contribution is -2.30. The van der Waals surface area contributed by atoms with Crippen LogP contribution in [0.15, 0.2) is 29.2 Å². The quantitative estimate of drug-likeness (QED) is 0.593. The molecular weight excluding hydrogens is 426 g/mol. The van der Waals surface area contributed by atoms with E-state index < -0.39 is 34.0 Å². The number of amides is 1. The molecular formula is C18H17F4N5O2S. The van der Waals surface area contributed by atoms with Crippen LogP contribution in [-0.2, 0) is 12.7 Å². The molecule has 3 heterocycles. The van der Waals surface area contributed by atoms with E-state index >= 15 is 0 Å². The molecule has 0 aliphatic heterocycles. The van der Waals surface area contributed by atoms with Crippen molar-refractivity contribution >= 4 is 28.0 Å². The topological polar surface area (TPSA) is 79.6 Å². The van der Waals surface area contributed by atoms with Gasteiger partial charge in [0.15, 0.2) is 4.96 Å². The number of pyridine rings is 1. The number of aromatic nitrogens is 3. The number of rotatable bonds is 6. The second-order valence-electron chi connectivity index (χ2n) is 6.19. The van der Waals surface area contributed by atoms with E-state index in [4.69, 9.17) is 0 Å². The van der Waals surface area contributed by atoms with Gasteiger partial charge < -0.3 is 10.2 Å². The number of fused-ring (bicyclic) bond motifs is 1. The van der Waals surface area contributed by atoms with E-state index in [0.29, 0.717) is 16.8 Å². The Kier molecular flexibility index (Phi) is 6.06. The highest BCUT2D eigenvalue weighted by atomic mass is 32.1. The molecule has 12 heteroatoms. The van der Waals surface area contributed by atoms with Crippen molar-refractivity contribution in [3.05, 3.63) is 56.8 Å². The maximum absolute atomic E-state index is 13.5. The molecule has 0 unspecified atom stereocenters. The molecule has 0 saturated heterocycles. The van der Waals surface area contributed by atoms with Crippen molar-refractivity contribution in [3.63, 3.8) is 0 Å². The summed E-state index contributed by atoms with van der Waals surface area (Å²) in [5, 5.41) is 2.29. The average Bonchev–Trinajstić information content (AvgIpc) is 3.08. The van der Waals surface area contributed by atoms with Gasteiger partial charge in [-0.3, -0.25) is 9.59 Å². The van der Waals surface area contributed by atoms with E-state index in [1.165, 1.54) is 12.1 Å². The van der Waals surface area contributed by atoms with Gasteiger partial charge in [-0.1, -0.05) is 11.3 Å². The van der Waals surface area contributed by atoms with Crippen LogP contribution in [0.25, 0.3) is 4.96 Å². The summed E-state index contributed by atoms with van der Waals surface area (Å²) in [6.45, 7) is 3.96. The maximum Gasteiger partial charge on any atom is 0.427 e. The fourth-order valence-electron chi connectivity index (χ4n) is 2.85. The van der Waals surface area contributed by atoms with Crippen molar-refractivity contribution in [1.29, 1.82) is 0 Å². The van der Waals surface area contributed by atoms with Gasteiger partial charge >= 0.3 is 6.18 Å². The average molecular weight is 443 g/mol. The van der Waals surface area contributed by atoms with Crippen molar-refractivity contribution in [2.45, 2.75) is 26.6 Å². The first-order chi connectivity index (χ1) is 14.2. The minimum Gasteiger partial charge on any atom is -0.351 e. The summed E-state index contributed by atoms with van der Waals surface area (Å²) < 4.78 is 54.2. The smallest absolute Gasteiger partial charge is 0.351 e. The summed E-state index contributed by atoms with van der Waals surface area (Å²) in [4.78, 5) is 33.2. The van der Waals surface area contributed by atoms with E-state index in [1.54, 1.807) is 18.7 Å². The van der Waals surface area contributed by atoms with Crippen LogP contribution < -0.4 is 15.8 Å². The highest BCUT2D eigenvalue weighted by Crippen LogP contribution is 2.37. The fourth-order valence-corrected chi connectivity index (χ4v) is 3.86. The number of nitrogens with zero attached hydrogens (tertiary/aromatic N) is 4. The SMILES string of the molecule is CCNC(=O)c1c(C(F)(F)F)sc2nc(CN(CC)c3ccc(F)cn3)cc(=O)n12. The number of carbonyl (C=O) groups excluding carboxylic acids is 1. The summed E-state index contributed by atoms with van der Waals surface area (Å²) in [5.41, 5.74) is -1.38. The molecule has 0 bridgehead atoms. The van der Waals surface area contributed by atoms with Gasteiger partial charge in [-0.2, -0.15) is 13.2 Å². The number of nitrogens with one attached hydrogen (secondary N) is 1. The van der Waals surface area contributed by atoms with Gasteiger partial charge in [0.25, 0.3) is 11.5 Å². The van der Waals surface area contributed by atoms with Gasteiger partial charge in [0, 0.05) is 19.2 Å². The Morgan fingerprint density at radius 2 is 2.03 bits per heavy atom. The maximum atomic E-state index is 13.5. The fraction of sp³-hybridized carbons (Fsp3) is 0.333. The number of hydrogen-bond donors (Lipinski definition) is 1. The molecule has 0 aromatic carbocycles. The van der Waals surface area contributed by atoms with Crippen LogP contribution in [0.2, 0.25) is 0 Å². The molecule has 30 heavy (non-hydrogen) atoms. The molecule has 0 aliphatic rings. The molecule has 3 aromatic rings. The van der Waals surface area contributed by atoms with E-state index in [2.05, 4.69) is 15.3 Å². The molecule has 1 N–H and O–H groups in total. The van der Waals surface area contributed by atoms with Crippen LogP contribution in [0.5, 0.6) is 0 Å². The Morgan fingerprint density at radius 3 is 2.60 bits per heavy atom. The second kappa shape index (κ2) is 8.38. The van der Waals surface area contributed by atoms with E-state index in [0.717, 1.165) is 12.3 Å². The van der Waals surface area contributed by atoms with Gasteiger partial charge in [0.05, 0.1) is 18.4 Å². The summed E-state index contributed by atoms with van der Waals surface area (Å²) in [6.07, 6.45) is -3.78. The monoisotopic (exact) mass is 443 g/mol. The third-order valence-corrected chi connectivity index (χ3v) is 5.24. The zero-order chi connectivity index (χ0) is 22.1. The van der Waals surface area contributed by atoms with Crippen molar-refractivity contribution in [3.8, 4) is 0 Å². The highest BCUT2D eigenvalue weighted by Gasteiger charge is 2.40. The molecule has 0 radical (unpaired) electrons. The lowest BCUT2D eigenvalue weighted by molar-refractivity contribution is -0.134. The van der Waals surface area contributed by atoms with Gasteiger partial charge in [-0.15, -0.1) is 0 Å². The molecule has 7 nitrogen and oxygen atoms in total. The minimum absolute atomic E-state index is 0.0661. The molecule has 3 rings (SSSR count). The molecule has 0 fully saturated rings. The Balaban J connectivity index is 2.08. The van der Waals surface area contributed by atoms with Crippen molar-refractivity contribution < 1.29 is 22.4 Å². The largest absolute Gasteiger partial charge is 0.427 e. The Hall–Kier alpha value is -3.02. The molecule has 0 saturated carbocycles. The van der Waals surface area contributed by atoms with Crippen LogP contribution in [0.4, 0.5) is 23.4 Å². The second-order valence-corrected chi connectivity index (χ2v) is 7.17. The Labute approximate surface area is 172 Å². The number of carbonyl (C=O) groups is 1. The molecule has 0 aliphatic carbocycles. The molecule has 0 spiro atoms. The summed E-state index contributed by atoms with van der Waals surface area (Å²) in [6, 6.07) is 3.75.